The monoisotopic (exact) mass is 326 g/mol. The zero-order valence-electron chi connectivity index (χ0n) is 10.5. The number of aromatic nitrogens is 2. The molecule has 1 aromatic heterocycles. The Kier molecular flexibility index (Phi) is 3.48. The Morgan fingerprint density at radius 2 is 1.70 bits per heavy atom. The summed E-state index contributed by atoms with van der Waals surface area (Å²) in [6.07, 6.45) is 2.58. The molecule has 0 N–H and O–H groups in total. The van der Waals surface area contributed by atoms with Crippen molar-refractivity contribution in [1.29, 1.82) is 0 Å². The minimum absolute atomic E-state index is 0.576. The third kappa shape index (κ3) is 2.30. The van der Waals surface area contributed by atoms with Crippen molar-refractivity contribution in [2.45, 2.75) is 0 Å². The molecule has 0 fully saturated rings. The van der Waals surface area contributed by atoms with Crippen LogP contribution in [0.5, 0.6) is 0 Å². The van der Waals surface area contributed by atoms with Gasteiger partial charge in [0.25, 0.3) is 0 Å². The second-order valence-electron chi connectivity index (χ2n) is 4.31. The quantitative estimate of drug-likeness (QED) is 0.679. The Labute approximate surface area is 125 Å². The van der Waals surface area contributed by atoms with Gasteiger partial charge in [-0.05, 0) is 28.1 Å². The molecule has 3 nitrogen and oxygen atoms in total. The highest BCUT2D eigenvalue weighted by Gasteiger charge is 2.12. The molecule has 1 heterocycles. The van der Waals surface area contributed by atoms with Crippen molar-refractivity contribution >= 4 is 22.2 Å². The average molecular weight is 327 g/mol. The summed E-state index contributed by atoms with van der Waals surface area (Å²) >= 11 is 3.50. The predicted molar refractivity (Wildman–Crippen MR) is 82.1 cm³/mol. The molecule has 3 rings (SSSR count). The maximum atomic E-state index is 11.3. The number of benzene rings is 2. The molecule has 2 aromatic carbocycles. The van der Waals surface area contributed by atoms with Gasteiger partial charge >= 0.3 is 0 Å². The molecular formula is C16H11BrN2O. The van der Waals surface area contributed by atoms with Crippen molar-refractivity contribution in [2.75, 3.05) is 0 Å². The summed E-state index contributed by atoms with van der Waals surface area (Å²) in [6.45, 7) is 0. The van der Waals surface area contributed by atoms with E-state index in [2.05, 4.69) is 21.0 Å². The normalized spacial score (nSPS) is 10.4. The number of aldehydes is 1. The van der Waals surface area contributed by atoms with Crippen LogP contribution in [0.2, 0.25) is 0 Å². The second kappa shape index (κ2) is 5.43. The first kappa shape index (κ1) is 12.8. The summed E-state index contributed by atoms with van der Waals surface area (Å²) in [6, 6.07) is 17.5. The highest BCUT2D eigenvalue weighted by molar-refractivity contribution is 9.10. The van der Waals surface area contributed by atoms with Gasteiger partial charge in [-0.2, -0.15) is 5.10 Å². The van der Waals surface area contributed by atoms with Crippen molar-refractivity contribution in [2.24, 2.45) is 0 Å². The number of nitrogens with zero attached hydrogens (tertiary/aromatic N) is 2. The van der Waals surface area contributed by atoms with Crippen LogP contribution >= 0.6 is 15.9 Å². The van der Waals surface area contributed by atoms with Crippen LogP contribution in [0.25, 0.3) is 16.9 Å². The average Bonchev–Trinajstić information content (AvgIpc) is 2.92. The second-order valence-corrected chi connectivity index (χ2v) is 5.17. The number of halogens is 1. The molecule has 0 unspecified atom stereocenters. The molecule has 0 spiro atoms. The van der Waals surface area contributed by atoms with Crippen molar-refractivity contribution in [1.82, 2.24) is 9.78 Å². The Balaban J connectivity index is 2.15. The molecule has 0 atom stereocenters. The van der Waals surface area contributed by atoms with Crippen molar-refractivity contribution in [3.63, 3.8) is 0 Å². The Morgan fingerprint density at radius 1 is 1.00 bits per heavy atom. The highest BCUT2D eigenvalue weighted by atomic mass is 79.9. The van der Waals surface area contributed by atoms with Gasteiger partial charge in [0.15, 0.2) is 6.29 Å². The van der Waals surface area contributed by atoms with E-state index in [4.69, 9.17) is 0 Å². The number of hydrogen-bond donors (Lipinski definition) is 0. The van der Waals surface area contributed by atoms with Crippen LogP contribution in [0.3, 0.4) is 0 Å². The zero-order chi connectivity index (χ0) is 13.9. The lowest BCUT2D eigenvalue weighted by Crippen LogP contribution is -1.95. The molecular weight excluding hydrogens is 316 g/mol. The molecule has 98 valence electrons. The Bertz CT molecular complexity index is 750. The van der Waals surface area contributed by atoms with Crippen LogP contribution in [-0.4, -0.2) is 16.1 Å². The first-order valence-electron chi connectivity index (χ1n) is 6.15. The van der Waals surface area contributed by atoms with Gasteiger partial charge in [-0.3, -0.25) is 4.79 Å². The van der Waals surface area contributed by atoms with Crippen LogP contribution < -0.4 is 0 Å². The lowest BCUT2D eigenvalue weighted by atomic mass is 10.1. The fourth-order valence-electron chi connectivity index (χ4n) is 2.05. The lowest BCUT2D eigenvalue weighted by Gasteiger charge is -2.03. The SMILES string of the molecule is O=Cc1cn(-c2ccccc2Br)nc1-c1ccccc1. The van der Waals surface area contributed by atoms with Crippen LogP contribution in [0.4, 0.5) is 0 Å². The van der Waals surface area contributed by atoms with E-state index in [1.165, 1.54) is 0 Å². The van der Waals surface area contributed by atoms with Gasteiger partial charge in [0.05, 0.1) is 11.3 Å². The van der Waals surface area contributed by atoms with Gasteiger partial charge in [-0.25, -0.2) is 4.68 Å². The number of carbonyl (C=O) groups is 1. The number of para-hydroxylation sites is 1. The molecule has 0 aliphatic heterocycles. The predicted octanol–water partition coefficient (Wildman–Crippen LogP) is 4.11. The van der Waals surface area contributed by atoms with Gasteiger partial charge < -0.3 is 0 Å². The van der Waals surface area contributed by atoms with Gasteiger partial charge in [-0.15, -0.1) is 0 Å². The number of hydrogen-bond acceptors (Lipinski definition) is 2. The van der Waals surface area contributed by atoms with Gasteiger partial charge in [0.1, 0.15) is 5.69 Å². The van der Waals surface area contributed by atoms with E-state index in [0.717, 1.165) is 22.0 Å². The molecule has 3 aromatic rings. The van der Waals surface area contributed by atoms with Crippen LogP contribution in [-0.2, 0) is 0 Å². The van der Waals surface area contributed by atoms with Crippen LogP contribution in [0.15, 0.2) is 65.3 Å². The van der Waals surface area contributed by atoms with E-state index in [0.29, 0.717) is 11.3 Å². The van der Waals surface area contributed by atoms with Crippen molar-refractivity contribution in [3.05, 3.63) is 70.8 Å². The summed E-state index contributed by atoms with van der Waals surface area (Å²) in [5, 5.41) is 4.54. The first-order valence-corrected chi connectivity index (χ1v) is 6.94. The summed E-state index contributed by atoms with van der Waals surface area (Å²) in [7, 11) is 0. The molecule has 0 bridgehead atoms. The van der Waals surface area contributed by atoms with Crippen molar-refractivity contribution < 1.29 is 4.79 Å². The van der Waals surface area contributed by atoms with Gasteiger partial charge in [0.2, 0.25) is 0 Å². The standard InChI is InChI=1S/C16H11BrN2O/c17-14-8-4-5-9-15(14)19-10-13(11-20)16(18-19)12-6-2-1-3-7-12/h1-11H. The number of rotatable bonds is 3. The van der Waals surface area contributed by atoms with Crippen LogP contribution in [0, 0.1) is 0 Å². The summed E-state index contributed by atoms with van der Waals surface area (Å²) in [5.74, 6) is 0. The molecule has 0 saturated carbocycles. The molecule has 20 heavy (non-hydrogen) atoms. The third-order valence-electron chi connectivity index (χ3n) is 3.02. The van der Waals surface area contributed by atoms with Gasteiger partial charge in [-0.1, -0.05) is 42.5 Å². The van der Waals surface area contributed by atoms with E-state index >= 15 is 0 Å². The molecule has 4 heteroatoms. The van der Waals surface area contributed by atoms with E-state index in [1.807, 2.05) is 54.6 Å². The molecule has 0 amide bonds. The third-order valence-corrected chi connectivity index (χ3v) is 3.69. The van der Waals surface area contributed by atoms with Crippen LogP contribution in [0.1, 0.15) is 10.4 Å². The topological polar surface area (TPSA) is 34.9 Å². The van der Waals surface area contributed by atoms with E-state index in [1.54, 1.807) is 10.9 Å². The van der Waals surface area contributed by atoms with E-state index < -0.39 is 0 Å². The maximum Gasteiger partial charge on any atom is 0.153 e. The van der Waals surface area contributed by atoms with E-state index in [9.17, 15) is 4.79 Å². The molecule has 0 aliphatic carbocycles. The fraction of sp³-hybridized carbons (Fsp3) is 0. The minimum atomic E-state index is 0.576. The molecule has 0 radical (unpaired) electrons. The molecule has 0 aliphatic rings. The Morgan fingerprint density at radius 3 is 2.40 bits per heavy atom. The Hall–Kier alpha value is -2.20. The first-order chi connectivity index (χ1) is 9.79. The zero-order valence-corrected chi connectivity index (χ0v) is 12.1. The summed E-state index contributed by atoms with van der Waals surface area (Å²) < 4.78 is 2.65. The minimum Gasteiger partial charge on any atom is -0.298 e. The number of carbonyl (C=O) groups excluding carboxylic acids is 1. The summed E-state index contributed by atoms with van der Waals surface area (Å²) in [4.78, 5) is 11.3. The largest absolute Gasteiger partial charge is 0.298 e. The van der Waals surface area contributed by atoms with E-state index in [-0.39, 0.29) is 0 Å². The van der Waals surface area contributed by atoms with Crippen molar-refractivity contribution in [3.8, 4) is 16.9 Å². The lowest BCUT2D eigenvalue weighted by molar-refractivity contribution is 0.112. The molecule has 0 saturated heterocycles. The van der Waals surface area contributed by atoms with Gasteiger partial charge in [0, 0.05) is 16.2 Å². The maximum absolute atomic E-state index is 11.3. The summed E-state index contributed by atoms with van der Waals surface area (Å²) in [5.41, 5.74) is 3.10. The fourth-order valence-corrected chi connectivity index (χ4v) is 2.52. The smallest absolute Gasteiger partial charge is 0.153 e. The highest BCUT2D eigenvalue weighted by Crippen LogP contribution is 2.25.